The van der Waals surface area contributed by atoms with E-state index in [-0.39, 0.29) is 5.91 Å². The Kier molecular flexibility index (Phi) is 5.54. The molecular weight excluding hydrogens is 382 g/mol. The molecule has 0 bridgehead atoms. The van der Waals surface area contributed by atoms with Crippen LogP contribution in [0.3, 0.4) is 0 Å². The first-order chi connectivity index (χ1) is 14.2. The molecule has 0 radical (unpaired) electrons. The summed E-state index contributed by atoms with van der Waals surface area (Å²) >= 11 is 1.18. The van der Waals surface area contributed by atoms with Crippen LogP contribution in [-0.4, -0.2) is 10.9 Å². The molecule has 3 N–H and O–H groups in total. The average molecular weight is 401 g/mol. The van der Waals surface area contributed by atoms with Crippen LogP contribution in [0.2, 0.25) is 0 Å². The summed E-state index contributed by atoms with van der Waals surface area (Å²) in [6.45, 7) is 0.493. The Hall–Kier alpha value is -3.64. The van der Waals surface area contributed by atoms with E-state index >= 15 is 0 Å². The Morgan fingerprint density at radius 3 is 2.28 bits per heavy atom. The van der Waals surface area contributed by atoms with Gasteiger partial charge in [0.1, 0.15) is 17.2 Å². The first-order valence-corrected chi connectivity index (χ1v) is 9.90. The Labute approximate surface area is 172 Å². The number of benzene rings is 3. The van der Waals surface area contributed by atoms with Crippen LogP contribution in [0.15, 0.2) is 84.9 Å². The fourth-order valence-electron chi connectivity index (χ4n) is 2.85. The molecular formula is C23H19N3O2S. The van der Waals surface area contributed by atoms with E-state index in [1.165, 1.54) is 11.3 Å². The minimum absolute atomic E-state index is 0.240. The Morgan fingerprint density at radius 2 is 1.59 bits per heavy atom. The van der Waals surface area contributed by atoms with Crippen molar-refractivity contribution in [3.05, 3.63) is 95.4 Å². The second-order valence-electron chi connectivity index (χ2n) is 6.35. The molecule has 0 saturated carbocycles. The van der Waals surface area contributed by atoms with Gasteiger partial charge in [0.05, 0.1) is 5.69 Å². The number of hydrogen-bond acceptors (Lipinski definition) is 5. The number of rotatable bonds is 6. The van der Waals surface area contributed by atoms with Crippen LogP contribution in [0.1, 0.15) is 15.2 Å². The molecule has 1 amide bonds. The van der Waals surface area contributed by atoms with Gasteiger partial charge in [-0.1, -0.05) is 72.0 Å². The minimum atomic E-state index is -0.240. The third kappa shape index (κ3) is 4.62. The molecule has 4 rings (SSSR count). The summed E-state index contributed by atoms with van der Waals surface area (Å²) in [6, 6.07) is 26.8. The van der Waals surface area contributed by atoms with Gasteiger partial charge in [0.15, 0.2) is 5.13 Å². The smallest absolute Gasteiger partial charge is 0.268 e. The van der Waals surface area contributed by atoms with Gasteiger partial charge >= 0.3 is 0 Å². The second-order valence-corrected chi connectivity index (χ2v) is 7.38. The van der Waals surface area contributed by atoms with Crippen molar-refractivity contribution in [2.45, 2.75) is 6.61 Å². The Morgan fingerprint density at radius 1 is 0.931 bits per heavy atom. The summed E-state index contributed by atoms with van der Waals surface area (Å²) < 4.78 is 5.78. The molecule has 0 saturated heterocycles. The number of nitrogen functional groups attached to an aromatic ring is 1. The summed E-state index contributed by atoms with van der Waals surface area (Å²) in [6.07, 6.45) is 0. The average Bonchev–Trinajstić information content (AvgIpc) is 3.16. The topological polar surface area (TPSA) is 77.2 Å². The number of nitrogens with one attached hydrogen (secondary N) is 1. The lowest BCUT2D eigenvalue weighted by atomic mass is 10.1. The number of hydrogen-bond donors (Lipinski definition) is 2. The van der Waals surface area contributed by atoms with E-state index in [1.54, 1.807) is 0 Å². The molecule has 29 heavy (non-hydrogen) atoms. The fraction of sp³-hybridized carbons (Fsp3) is 0.0435. The maximum Gasteiger partial charge on any atom is 0.268 e. The number of carbonyl (C=O) groups excluding carboxylic acids is 1. The summed E-state index contributed by atoms with van der Waals surface area (Å²) in [4.78, 5) is 17.6. The monoisotopic (exact) mass is 401 g/mol. The predicted molar refractivity (Wildman–Crippen MR) is 117 cm³/mol. The maximum absolute atomic E-state index is 12.8. The summed E-state index contributed by atoms with van der Waals surface area (Å²) in [5.41, 5.74) is 9.08. The zero-order valence-corrected chi connectivity index (χ0v) is 16.4. The summed E-state index contributed by atoms with van der Waals surface area (Å²) in [5.74, 6) is 0.495. The molecule has 6 heteroatoms. The van der Waals surface area contributed by atoms with Crippen LogP contribution in [-0.2, 0) is 6.61 Å². The number of amides is 1. The molecule has 144 valence electrons. The largest absolute Gasteiger partial charge is 0.489 e. The van der Waals surface area contributed by atoms with Crippen molar-refractivity contribution in [2.24, 2.45) is 0 Å². The van der Waals surface area contributed by atoms with Gasteiger partial charge in [0.25, 0.3) is 5.91 Å². The number of anilines is 2. The number of nitrogens with zero attached hydrogens (tertiary/aromatic N) is 1. The normalized spacial score (nSPS) is 10.5. The van der Waals surface area contributed by atoms with E-state index in [4.69, 9.17) is 10.5 Å². The first-order valence-electron chi connectivity index (χ1n) is 9.09. The van der Waals surface area contributed by atoms with Crippen molar-refractivity contribution >= 4 is 28.1 Å². The number of thiazole rings is 1. The number of carbonyl (C=O) groups is 1. The van der Waals surface area contributed by atoms with E-state index in [2.05, 4.69) is 10.3 Å². The van der Waals surface area contributed by atoms with Gasteiger partial charge in [-0.3, -0.25) is 4.79 Å². The molecule has 0 unspecified atom stereocenters. The fourth-order valence-corrected chi connectivity index (χ4v) is 3.60. The zero-order valence-electron chi connectivity index (χ0n) is 15.5. The zero-order chi connectivity index (χ0) is 20.1. The highest BCUT2D eigenvalue weighted by atomic mass is 32.1. The van der Waals surface area contributed by atoms with E-state index in [1.807, 2.05) is 84.9 Å². The molecule has 1 aromatic heterocycles. The minimum Gasteiger partial charge on any atom is -0.489 e. The predicted octanol–water partition coefficient (Wildman–Crippen LogP) is 5.22. The van der Waals surface area contributed by atoms with Gasteiger partial charge in [0.2, 0.25) is 0 Å². The van der Waals surface area contributed by atoms with Crippen molar-refractivity contribution in [1.29, 1.82) is 0 Å². The van der Waals surface area contributed by atoms with Crippen LogP contribution in [0.25, 0.3) is 11.3 Å². The van der Waals surface area contributed by atoms with Crippen LogP contribution in [0, 0.1) is 0 Å². The van der Waals surface area contributed by atoms with E-state index in [9.17, 15) is 4.79 Å². The molecule has 0 aliphatic carbocycles. The third-order valence-corrected chi connectivity index (χ3v) is 5.14. The highest BCUT2D eigenvalue weighted by Crippen LogP contribution is 2.30. The molecule has 4 aromatic rings. The lowest BCUT2D eigenvalue weighted by Crippen LogP contribution is -2.11. The van der Waals surface area contributed by atoms with Gasteiger partial charge in [-0.05, 0) is 29.8 Å². The molecule has 0 aliphatic rings. The van der Waals surface area contributed by atoms with E-state index in [0.717, 1.165) is 16.9 Å². The summed E-state index contributed by atoms with van der Waals surface area (Å²) in [5, 5.41) is 3.26. The molecule has 0 atom stereocenters. The number of ether oxygens (including phenoxy) is 1. The molecule has 0 spiro atoms. The van der Waals surface area contributed by atoms with Crippen molar-refractivity contribution in [2.75, 3.05) is 11.1 Å². The van der Waals surface area contributed by atoms with Crippen molar-refractivity contribution < 1.29 is 9.53 Å². The Balaban J connectivity index is 1.44. The molecule has 1 heterocycles. The van der Waals surface area contributed by atoms with Crippen LogP contribution in [0.5, 0.6) is 5.75 Å². The van der Waals surface area contributed by atoms with Gasteiger partial charge in [0, 0.05) is 11.3 Å². The van der Waals surface area contributed by atoms with Gasteiger partial charge in [-0.25, -0.2) is 4.98 Å². The van der Waals surface area contributed by atoms with Gasteiger partial charge < -0.3 is 15.8 Å². The standard InChI is InChI=1S/C23H19N3O2S/c24-23-26-20(17-9-5-2-6-10-17)21(29-23)22(27)25-18-11-13-19(14-12-18)28-15-16-7-3-1-4-8-16/h1-14H,15H2,(H2,24,26)(H,25,27). The highest BCUT2D eigenvalue weighted by Gasteiger charge is 2.18. The van der Waals surface area contributed by atoms with Crippen molar-refractivity contribution in [3.8, 4) is 17.0 Å². The van der Waals surface area contributed by atoms with Crippen molar-refractivity contribution in [1.82, 2.24) is 4.98 Å². The quantitative estimate of drug-likeness (QED) is 0.464. The molecule has 0 fully saturated rings. The van der Waals surface area contributed by atoms with E-state index < -0.39 is 0 Å². The van der Waals surface area contributed by atoms with Crippen LogP contribution in [0.4, 0.5) is 10.8 Å². The Bertz CT molecular complexity index is 1090. The lowest BCUT2D eigenvalue weighted by molar-refractivity contribution is 0.103. The summed E-state index contributed by atoms with van der Waals surface area (Å²) in [7, 11) is 0. The second kappa shape index (κ2) is 8.58. The third-order valence-electron chi connectivity index (χ3n) is 4.26. The van der Waals surface area contributed by atoms with Crippen LogP contribution < -0.4 is 15.8 Å². The molecule has 5 nitrogen and oxygen atoms in total. The van der Waals surface area contributed by atoms with Crippen molar-refractivity contribution in [3.63, 3.8) is 0 Å². The number of nitrogens with two attached hydrogens (primary N) is 1. The lowest BCUT2D eigenvalue weighted by Gasteiger charge is -2.08. The van der Waals surface area contributed by atoms with Crippen LogP contribution >= 0.6 is 11.3 Å². The first kappa shape index (κ1) is 18.7. The van der Waals surface area contributed by atoms with Gasteiger partial charge in [-0.2, -0.15) is 0 Å². The van der Waals surface area contributed by atoms with E-state index in [0.29, 0.717) is 28.0 Å². The SMILES string of the molecule is Nc1nc(-c2ccccc2)c(C(=O)Nc2ccc(OCc3ccccc3)cc2)s1. The maximum atomic E-state index is 12.8. The molecule has 3 aromatic carbocycles. The molecule has 0 aliphatic heterocycles. The highest BCUT2D eigenvalue weighted by molar-refractivity contribution is 7.17. The number of aromatic nitrogens is 1. The van der Waals surface area contributed by atoms with Gasteiger partial charge in [-0.15, -0.1) is 0 Å².